The van der Waals surface area contributed by atoms with E-state index in [9.17, 15) is 12.8 Å². The Morgan fingerprint density at radius 1 is 1.16 bits per heavy atom. The lowest BCUT2D eigenvalue weighted by Crippen LogP contribution is -2.13. The molecule has 25 heavy (non-hydrogen) atoms. The molecule has 1 unspecified atom stereocenters. The minimum absolute atomic E-state index is 0.193. The van der Waals surface area contributed by atoms with Gasteiger partial charge in [-0.15, -0.1) is 0 Å². The first-order chi connectivity index (χ1) is 11.9. The predicted octanol–water partition coefficient (Wildman–Crippen LogP) is 4.32. The zero-order valence-electron chi connectivity index (χ0n) is 13.7. The second kappa shape index (κ2) is 7.22. The largest absolute Gasteiger partial charge is 0.489 e. The fraction of sp³-hybridized carbons (Fsp3) is 0.333. The fourth-order valence-electron chi connectivity index (χ4n) is 2.67. The summed E-state index contributed by atoms with van der Waals surface area (Å²) in [4.78, 5) is 0. The second-order valence-corrected chi connectivity index (χ2v) is 8.69. The van der Waals surface area contributed by atoms with E-state index in [4.69, 9.17) is 21.1 Å². The Bertz CT molecular complexity index is 865. The Kier molecular flexibility index (Phi) is 5.20. The lowest BCUT2D eigenvalue weighted by molar-refractivity contribution is 0.297. The number of sulfone groups is 1. The van der Waals surface area contributed by atoms with Crippen LogP contribution in [0, 0.1) is 5.82 Å². The van der Waals surface area contributed by atoms with Crippen LogP contribution in [-0.2, 0) is 15.6 Å². The van der Waals surface area contributed by atoms with E-state index in [0.717, 1.165) is 6.42 Å². The molecule has 0 N–H and O–H groups in total. The minimum Gasteiger partial charge on any atom is -0.489 e. The smallest absolute Gasteiger partial charge is 0.179 e. The first-order valence-corrected chi connectivity index (χ1v) is 10.0. The number of benzene rings is 2. The van der Waals surface area contributed by atoms with E-state index in [2.05, 4.69) is 0 Å². The average molecular weight is 385 g/mol. The second-order valence-electron chi connectivity index (χ2n) is 5.96. The third-order valence-electron chi connectivity index (χ3n) is 4.11. The highest BCUT2D eigenvalue weighted by Crippen LogP contribution is 2.39. The van der Waals surface area contributed by atoms with Gasteiger partial charge in [0.2, 0.25) is 0 Å². The van der Waals surface area contributed by atoms with E-state index < -0.39 is 20.9 Å². The van der Waals surface area contributed by atoms with Crippen LogP contribution in [0.4, 0.5) is 4.39 Å². The first-order valence-electron chi connectivity index (χ1n) is 7.92. The van der Waals surface area contributed by atoms with Crippen molar-refractivity contribution in [2.45, 2.75) is 24.3 Å². The van der Waals surface area contributed by atoms with Gasteiger partial charge in [-0.05, 0) is 42.3 Å². The number of hydrogen-bond acceptors (Lipinski definition) is 4. The van der Waals surface area contributed by atoms with E-state index in [1.807, 2.05) is 0 Å². The van der Waals surface area contributed by atoms with Crippen molar-refractivity contribution in [2.24, 2.45) is 0 Å². The van der Waals surface area contributed by atoms with Crippen LogP contribution in [0.1, 0.15) is 29.7 Å². The zero-order valence-corrected chi connectivity index (χ0v) is 15.2. The van der Waals surface area contributed by atoms with Gasteiger partial charge in [-0.2, -0.15) is 0 Å². The van der Waals surface area contributed by atoms with Crippen molar-refractivity contribution in [3.63, 3.8) is 0 Å². The van der Waals surface area contributed by atoms with E-state index in [1.165, 1.54) is 24.3 Å². The molecular formula is C18H18ClFO4S. The van der Waals surface area contributed by atoms with Gasteiger partial charge in [0.1, 0.15) is 5.82 Å². The van der Waals surface area contributed by atoms with Crippen LogP contribution in [0.15, 0.2) is 36.4 Å². The van der Waals surface area contributed by atoms with Gasteiger partial charge in [0, 0.05) is 6.42 Å². The highest BCUT2D eigenvalue weighted by atomic mass is 35.5. The van der Waals surface area contributed by atoms with Gasteiger partial charge in [0.25, 0.3) is 0 Å². The van der Waals surface area contributed by atoms with Crippen molar-refractivity contribution < 1.29 is 22.3 Å². The maximum absolute atomic E-state index is 13.0. The number of hydrogen-bond donors (Lipinski definition) is 0. The molecule has 2 aromatic rings. The molecule has 0 spiro atoms. The summed E-state index contributed by atoms with van der Waals surface area (Å²) >= 11 is 6.22. The molecule has 3 rings (SSSR count). The zero-order chi connectivity index (χ0) is 18.0. The lowest BCUT2D eigenvalue weighted by Gasteiger charge is -2.15. The average Bonchev–Trinajstić information content (AvgIpc) is 2.80. The summed E-state index contributed by atoms with van der Waals surface area (Å²) in [6.07, 6.45) is 0.736. The van der Waals surface area contributed by atoms with Gasteiger partial charge in [0.05, 0.1) is 29.2 Å². The molecule has 0 radical (unpaired) electrons. The number of halogens is 2. The normalized spacial score (nSPS) is 15.5. The van der Waals surface area contributed by atoms with Crippen LogP contribution in [0.3, 0.4) is 0 Å². The first kappa shape index (κ1) is 18.0. The molecule has 1 aliphatic heterocycles. The van der Waals surface area contributed by atoms with Crippen LogP contribution >= 0.6 is 11.6 Å². The minimum atomic E-state index is -3.51. The molecule has 0 amide bonds. The van der Waals surface area contributed by atoms with Gasteiger partial charge in [-0.1, -0.05) is 23.7 Å². The van der Waals surface area contributed by atoms with E-state index >= 15 is 0 Å². The van der Waals surface area contributed by atoms with Gasteiger partial charge >= 0.3 is 0 Å². The third-order valence-corrected chi connectivity index (χ3v) is 6.47. The highest BCUT2D eigenvalue weighted by molar-refractivity contribution is 7.90. The van der Waals surface area contributed by atoms with Crippen molar-refractivity contribution in [1.29, 1.82) is 0 Å². The molecular weight excluding hydrogens is 367 g/mol. The summed E-state index contributed by atoms with van der Waals surface area (Å²) in [5.41, 5.74) is 1.07. The standard InChI is InChI=1S/C18H18ClFO4S/c1-12(14-3-5-15(20)6-4-14)25(21,22)11-13-9-16(19)18-17(10-13)23-7-2-8-24-18/h3-6,9-10,12H,2,7-8,11H2,1H3. The molecule has 0 saturated carbocycles. The Morgan fingerprint density at radius 2 is 1.84 bits per heavy atom. The van der Waals surface area contributed by atoms with Crippen LogP contribution in [0.25, 0.3) is 0 Å². The van der Waals surface area contributed by atoms with Crippen molar-refractivity contribution in [3.8, 4) is 11.5 Å². The molecule has 134 valence electrons. The molecule has 2 aromatic carbocycles. The predicted molar refractivity (Wildman–Crippen MR) is 94.5 cm³/mol. The SMILES string of the molecule is CC(c1ccc(F)cc1)S(=O)(=O)Cc1cc(Cl)c2c(c1)OCCCO2. The summed E-state index contributed by atoms with van der Waals surface area (Å²) in [7, 11) is -3.51. The van der Waals surface area contributed by atoms with Gasteiger partial charge < -0.3 is 9.47 Å². The Labute approximate surface area is 151 Å². The number of rotatable bonds is 4. The van der Waals surface area contributed by atoms with Crippen molar-refractivity contribution >= 4 is 21.4 Å². The molecule has 0 saturated heterocycles. The maximum Gasteiger partial charge on any atom is 0.179 e. The van der Waals surface area contributed by atoms with E-state index in [-0.39, 0.29) is 5.75 Å². The molecule has 1 heterocycles. The van der Waals surface area contributed by atoms with Crippen LogP contribution in [0.2, 0.25) is 5.02 Å². The quantitative estimate of drug-likeness (QED) is 0.787. The molecule has 0 aromatic heterocycles. The fourth-order valence-corrected chi connectivity index (χ4v) is 4.41. The topological polar surface area (TPSA) is 52.6 Å². The van der Waals surface area contributed by atoms with Crippen LogP contribution < -0.4 is 9.47 Å². The molecule has 7 heteroatoms. The molecule has 0 bridgehead atoms. The summed E-state index contributed by atoms with van der Waals surface area (Å²) in [5.74, 6) is 0.321. The molecule has 0 fully saturated rings. The molecule has 1 aliphatic rings. The third kappa shape index (κ3) is 4.07. The van der Waals surface area contributed by atoms with Crippen molar-refractivity contribution in [1.82, 2.24) is 0 Å². The van der Waals surface area contributed by atoms with Gasteiger partial charge in [0.15, 0.2) is 21.3 Å². The number of ether oxygens (including phenoxy) is 2. The summed E-state index contributed by atoms with van der Waals surface area (Å²) in [6, 6.07) is 8.72. The van der Waals surface area contributed by atoms with E-state index in [0.29, 0.717) is 40.9 Å². The van der Waals surface area contributed by atoms with Crippen LogP contribution in [-0.4, -0.2) is 21.6 Å². The molecule has 1 atom stereocenters. The summed E-state index contributed by atoms with van der Waals surface area (Å²) in [6.45, 7) is 2.59. The monoisotopic (exact) mass is 384 g/mol. The van der Waals surface area contributed by atoms with Crippen LogP contribution in [0.5, 0.6) is 11.5 Å². The molecule has 4 nitrogen and oxygen atoms in total. The van der Waals surface area contributed by atoms with Gasteiger partial charge in [-0.3, -0.25) is 0 Å². The molecule has 0 aliphatic carbocycles. The van der Waals surface area contributed by atoms with Crippen molar-refractivity contribution in [2.75, 3.05) is 13.2 Å². The Morgan fingerprint density at radius 3 is 2.56 bits per heavy atom. The lowest BCUT2D eigenvalue weighted by atomic mass is 10.2. The number of fused-ring (bicyclic) bond motifs is 1. The Balaban J connectivity index is 1.86. The summed E-state index contributed by atoms with van der Waals surface area (Å²) in [5, 5.41) is -0.429. The summed E-state index contributed by atoms with van der Waals surface area (Å²) < 4.78 is 49.6. The van der Waals surface area contributed by atoms with Gasteiger partial charge in [-0.25, -0.2) is 12.8 Å². The van der Waals surface area contributed by atoms with E-state index in [1.54, 1.807) is 19.1 Å². The maximum atomic E-state index is 13.0. The highest BCUT2D eigenvalue weighted by Gasteiger charge is 2.25. The Hall–Kier alpha value is -1.79. The van der Waals surface area contributed by atoms with Crippen molar-refractivity contribution in [3.05, 3.63) is 58.4 Å².